The van der Waals surface area contributed by atoms with Crippen molar-refractivity contribution in [3.63, 3.8) is 0 Å². The van der Waals surface area contributed by atoms with Crippen molar-refractivity contribution in [2.45, 2.75) is 27.2 Å². The van der Waals surface area contributed by atoms with E-state index in [4.69, 9.17) is 5.73 Å². The number of pyridine rings is 1. The molecule has 2 aromatic rings. The van der Waals surface area contributed by atoms with Crippen LogP contribution in [0.3, 0.4) is 0 Å². The van der Waals surface area contributed by atoms with Crippen molar-refractivity contribution in [3.05, 3.63) is 48.2 Å². The molecule has 0 fully saturated rings. The van der Waals surface area contributed by atoms with Crippen molar-refractivity contribution in [1.82, 2.24) is 15.0 Å². The first-order valence-electron chi connectivity index (χ1n) is 6.01. The highest BCUT2D eigenvalue weighted by molar-refractivity contribution is 5.38. The fourth-order valence-corrected chi connectivity index (χ4v) is 1.44. The molecule has 96 valence electrons. The maximum absolute atomic E-state index is 5.66. The zero-order valence-electron chi connectivity index (χ0n) is 11.2. The Labute approximate surface area is 108 Å². The van der Waals surface area contributed by atoms with Crippen LogP contribution in [0.25, 0.3) is 0 Å². The summed E-state index contributed by atoms with van der Waals surface area (Å²) in [6.45, 7) is 6.26. The van der Waals surface area contributed by atoms with Crippen LogP contribution in [0, 0.1) is 12.8 Å². The molecule has 0 saturated heterocycles. The van der Waals surface area contributed by atoms with Crippen molar-refractivity contribution in [2.24, 2.45) is 5.92 Å². The van der Waals surface area contributed by atoms with Gasteiger partial charge in [-0.05, 0) is 30.9 Å². The Hall–Kier alpha value is -1.97. The van der Waals surface area contributed by atoms with Gasteiger partial charge in [-0.25, -0.2) is 4.98 Å². The predicted molar refractivity (Wildman–Crippen MR) is 74.0 cm³/mol. The Morgan fingerprint density at radius 2 is 1.94 bits per heavy atom. The lowest BCUT2D eigenvalue weighted by Gasteiger charge is -2.05. The normalized spacial score (nSPS) is 9.78. The molecule has 0 spiro atoms. The standard InChI is InChI=1S/C9H14N2.C5H6N2/c1-7(2)6-8-4-3-5-11-9(8)10;1-5-4-6-2-3-7-5/h3-5,7H,6H2,1-2H3,(H2,10,11);2-4H,1H3. The summed E-state index contributed by atoms with van der Waals surface area (Å²) in [5, 5.41) is 0. The highest BCUT2D eigenvalue weighted by Gasteiger charge is 2.00. The maximum Gasteiger partial charge on any atom is 0.126 e. The van der Waals surface area contributed by atoms with E-state index in [1.807, 2.05) is 19.1 Å². The fraction of sp³-hybridized carbons (Fsp3) is 0.357. The number of rotatable bonds is 2. The second-order valence-electron chi connectivity index (χ2n) is 4.49. The molecule has 2 heterocycles. The first-order valence-corrected chi connectivity index (χ1v) is 6.01. The smallest absolute Gasteiger partial charge is 0.126 e. The number of aryl methyl sites for hydroxylation is 1. The summed E-state index contributed by atoms with van der Waals surface area (Å²) in [6.07, 6.45) is 7.79. The Balaban J connectivity index is 0.000000199. The monoisotopic (exact) mass is 244 g/mol. The van der Waals surface area contributed by atoms with Gasteiger partial charge in [-0.1, -0.05) is 19.9 Å². The number of hydrogen-bond acceptors (Lipinski definition) is 4. The predicted octanol–water partition coefficient (Wildman–Crippen LogP) is 2.65. The Morgan fingerprint density at radius 3 is 2.39 bits per heavy atom. The Morgan fingerprint density at radius 1 is 1.17 bits per heavy atom. The minimum Gasteiger partial charge on any atom is -0.383 e. The van der Waals surface area contributed by atoms with E-state index in [0.29, 0.717) is 11.7 Å². The van der Waals surface area contributed by atoms with E-state index in [0.717, 1.165) is 17.7 Å². The molecule has 0 aliphatic rings. The highest BCUT2D eigenvalue weighted by Crippen LogP contribution is 2.12. The molecule has 0 aliphatic carbocycles. The molecule has 0 atom stereocenters. The van der Waals surface area contributed by atoms with Crippen LogP contribution in [0.5, 0.6) is 0 Å². The number of nitrogens with two attached hydrogens (primary N) is 1. The average molecular weight is 244 g/mol. The van der Waals surface area contributed by atoms with Crippen molar-refractivity contribution < 1.29 is 0 Å². The van der Waals surface area contributed by atoms with Crippen LogP contribution in [0.2, 0.25) is 0 Å². The largest absolute Gasteiger partial charge is 0.383 e. The molecule has 0 unspecified atom stereocenters. The van der Waals surface area contributed by atoms with Crippen molar-refractivity contribution in [1.29, 1.82) is 0 Å². The third-order valence-electron chi connectivity index (χ3n) is 2.25. The molecule has 4 heteroatoms. The number of anilines is 1. The maximum atomic E-state index is 5.66. The van der Waals surface area contributed by atoms with E-state index in [9.17, 15) is 0 Å². The van der Waals surface area contributed by atoms with Gasteiger partial charge in [-0.15, -0.1) is 0 Å². The molecule has 0 radical (unpaired) electrons. The molecule has 0 amide bonds. The van der Waals surface area contributed by atoms with Crippen molar-refractivity contribution in [2.75, 3.05) is 5.73 Å². The van der Waals surface area contributed by atoms with Gasteiger partial charge in [0, 0.05) is 24.8 Å². The first kappa shape index (κ1) is 14.1. The van der Waals surface area contributed by atoms with Gasteiger partial charge in [0.15, 0.2) is 0 Å². The van der Waals surface area contributed by atoms with E-state index in [1.54, 1.807) is 24.8 Å². The minimum absolute atomic E-state index is 0.640. The van der Waals surface area contributed by atoms with Crippen LogP contribution in [0.15, 0.2) is 36.9 Å². The molecule has 4 nitrogen and oxygen atoms in total. The van der Waals surface area contributed by atoms with Crippen LogP contribution < -0.4 is 5.73 Å². The molecular formula is C14H20N4. The SMILES string of the molecule is CC(C)Cc1cccnc1N.Cc1cnccn1. The summed E-state index contributed by atoms with van der Waals surface area (Å²) in [5.74, 6) is 1.31. The van der Waals surface area contributed by atoms with Crippen LogP contribution >= 0.6 is 0 Å². The van der Waals surface area contributed by atoms with Gasteiger partial charge in [0.05, 0.1) is 5.69 Å². The summed E-state index contributed by atoms with van der Waals surface area (Å²) in [4.78, 5) is 11.7. The van der Waals surface area contributed by atoms with Crippen molar-refractivity contribution in [3.8, 4) is 0 Å². The van der Waals surface area contributed by atoms with E-state index in [1.165, 1.54) is 0 Å². The number of nitrogen functional groups attached to an aromatic ring is 1. The first-order chi connectivity index (χ1) is 8.59. The average Bonchev–Trinajstić information content (AvgIpc) is 2.33. The van der Waals surface area contributed by atoms with Gasteiger partial charge in [0.2, 0.25) is 0 Å². The third kappa shape index (κ3) is 5.39. The molecule has 18 heavy (non-hydrogen) atoms. The van der Waals surface area contributed by atoms with E-state index < -0.39 is 0 Å². The third-order valence-corrected chi connectivity index (χ3v) is 2.25. The van der Waals surface area contributed by atoms with Crippen LogP contribution in [-0.2, 0) is 6.42 Å². The van der Waals surface area contributed by atoms with Gasteiger partial charge >= 0.3 is 0 Å². The summed E-state index contributed by atoms with van der Waals surface area (Å²) < 4.78 is 0. The summed E-state index contributed by atoms with van der Waals surface area (Å²) in [6, 6.07) is 3.95. The van der Waals surface area contributed by atoms with Crippen LogP contribution in [-0.4, -0.2) is 15.0 Å². The Kier molecular flexibility index (Phi) is 5.77. The van der Waals surface area contributed by atoms with Crippen LogP contribution in [0.4, 0.5) is 5.82 Å². The van der Waals surface area contributed by atoms with E-state index in [-0.39, 0.29) is 0 Å². The lowest BCUT2D eigenvalue weighted by Crippen LogP contribution is -2.00. The lowest BCUT2D eigenvalue weighted by atomic mass is 10.0. The molecular weight excluding hydrogens is 224 g/mol. The highest BCUT2D eigenvalue weighted by atomic mass is 14.8. The topological polar surface area (TPSA) is 64.7 Å². The second kappa shape index (κ2) is 7.37. The zero-order chi connectivity index (χ0) is 13.4. The minimum atomic E-state index is 0.640. The van der Waals surface area contributed by atoms with Gasteiger partial charge in [0.1, 0.15) is 5.82 Å². The molecule has 0 aromatic carbocycles. The summed E-state index contributed by atoms with van der Waals surface area (Å²) in [7, 11) is 0. The molecule has 2 N–H and O–H groups in total. The number of aromatic nitrogens is 3. The van der Waals surface area contributed by atoms with Gasteiger partial charge in [0.25, 0.3) is 0 Å². The molecule has 0 aliphatic heterocycles. The van der Waals surface area contributed by atoms with Crippen molar-refractivity contribution >= 4 is 5.82 Å². The quantitative estimate of drug-likeness (QED) is 0.882. The van der Waals surface area contributed by atoms with E-state index >= 15 is 0 Å². The molecule has 2 aromatic heterocycles. The van der Waals surface area contributed by atoms with E-state index in [2.05, 4.69) is 28.8 Å². The summed E-state index contributed by atoms with van der Waals surface area (Å²) in [5.41, 5.74) is 7.77. The fourth-order valence-electron chi connectivity index (χ4n) is 1.44. The Bertz CT molecular complexity index is 454. The lowest BCUT2D eigenvalue weighted by molar-refractivity contribution is 0.647. The van der Waals surface area contributed by atoms with Crippen LogP contribution in [0.1, 0.15) is 25.1 Å². The van der Waals surface area contributed by atoms with Gasteiger partial charge in [-0.3, -0.25) is 9.97 Å². The molecule has 0 saturated carbocycles. The van der Waals surface area contributed by atoms with Gasteiger partial charge < -0.3 is 5.73 Å². The second-order valence-corrected chi connectivity index (χ2v) is 4.49. The summed E-state index contributed by atoms with van der Waals surface area (Å²) >= 11 is 0. The zero-order valence-corrected chi connectivity index (χ0v) is 11.2. The number of hydrogen-bond donors (Lipinski definition) is 1. The molecule has 0 bridgehead atoms. The number of nitrogens with zero attached hydrogens (tertiary/aromatic N) is 3. The molecule has 2 rings (SSSR count). The van der Waals surface area contributed by atoms with Gasteiger partial charge in [-0.2, -0.15) is 0 Å².